The molecule has 0 bridgehead atoms. The quantitative estimate of drug-likeness (QED) is 0.146. The highest BCUT2D eigenvalue weighted by Gasteiger charge is 2.19. The second kappa shape index (κ2) is 27.8. The van der Waals surface area contributed by atoms with Gasteiger partial charge in [-0.05, 0) is 165 Å². The third-order valence-corrected chi connectivity index (χ3v) is 16.5. The molecule has 0 N–H and O–H groups in total. The van der Waals surface area contributed by atoms with E-state index in [0.29, 0.717) is 0 Å². The van der Waals surface area contributed by atoms with Crippen LogP contribution in [0.2, 0.25) is 0 Å². The Morgan fingerprint density at radius 3 is 0.636 bits per heavy atom. The van der Waals surface area contributed by atoms with Crippen molar-refractivity contribution in [2.75, 3.05) is 0 Å². The van der Waals surface area contributed by atoms with Crippen molar-refractivity contribution in [3.63, 3.8) is 0 Å². The first-order chi connectivity index (χ1) is 43.7. The Morgan fingerprint density at radius 2 is 0.341 bits per heavy atom. The lowest BCUT2D eigenvalue weighted by Gasteiger charge is -2.18. The lowest BCUT2D eigenvalue weighted by molar-refractivity contribution is 1.50. The van der Waals surface area contributed by atoms with Crippen molar-refractivity contribution >= 4 is 86.2 Å². The molecule has 16 aromatic rings. The predicted molar refractivity (Wildman–Crippen MR) is 391 cm³/mol. The van der Waals surface area contributed by atoms with Gasteiger partial charge in [0.15, 0.2) is 0 Å². The molecule has 0 aromatic heterocycles. The predicted octanol–water partition coefficient (Wildman–Crippen LogP) is 26.7. The summed E-state index contributed by atoms with van der Waals surface area (Å²) in [6, 6.07) is 115. The summed E-state index contributed by atoms with van der Waals surface area (Å²) in [5.74, 6) is 0. The number of fused-ring (bicyclic) bond motifs is 8. The molecule has 0 aliphatic heterocycles. The molecule has 0 radical (unpaired) electrons. The van der Waals surface area contributed by atoms with E-state index in [1.54, 1.807) is 0 Å². The highest BCUT2D eigenvalue weighted by Crippen LogP contribution is 2.47. The van der Waals surface area contributed by atoms with Crippen LogP contribution in [-0.4, -0.2) is 0 Å². The summed E-state index contributed by atoms with van der Waals surface area (Å²) in [6.45, 7) is 16.0. The average molecular weight is 1130 g/mol. The van der Waals surface area contributed by atoms with Crippen molar-refractivity contribution < 1.29 is 0 Å². The molecule has 16 aromatic carbocycles. The first-order valence-electron chi connectivity index (χ1n) is 31.7. The van der Waals surface area contributed by atoms with Crippen LogP contribution in [0.25, 0.3) is 153 Å². The van der Waals surface area contributed by atoms with Crippen molar-refractivity contribution in [2.45, 2.75) is 55.4 Å². The Kier molecular flexibility index (Phi) is 18.7. The van der Waals surface area contributed by atoms with E-state index in [0.717, 1.165) is 0 Å². The summed E-state index contributed by atoms with van der Waals surface area (Å²) in [5.41, 5.74) is 15.2. The van der Waals surface area contributed by atoms with E-state index in [-0.39, 0.29) is 0 Å². The molecule has 0 fully saturated rings. The maximum absolute atomic E-state index is 2.34. The summed E-state index contributed by atoms with van der Waals surface area (Å²) in [5, 5.41) is 20.4. The number of benzene rings is 16. The van der Waals surface area contributed by atoms with Crippen molar-refractivity contribution in [3.05, 3.63) is 315 Å². The Morgan fingerprint density at radius 1 is 0.136 bits per heavy atom. The molecule has 0 nitrogen and oxygen atoms in total. The van der Waals surface area contributed by atoms with Gasteiger partial charge in [-0.1, -0.05) is 359 Å². The zero-order valence-corrected chi connectivity index (χ0v) is 52.0. The number of hydrogen-bond donors (Lipinski definition) is 0. The van der Waals surface area contributed by atoms with Gasteiger partial charge in [0.1, 0.15) is 0 Å². The molecule has 0 spiro atoms. The normalized spacial score (nSPS) is 10.7. The summed E-state index contributed by atoms with van der Waals surface area (Å²) < 4.78 is 0. The van der Waals surface area contributed by atoms with Crippen molar-refractivity contribution in [1.29, 1.82) is 0 Å². The van der Waals surface area contributed by atoms with Gasteiger partial charge in [0.25, 0.3) is 0 Å². The van der Waals surface area contributed by atoms with Gasteiger partial charge in [0.05, 0.1) is 0 Å². The summed E-state index contributed by atoms with van der Waals surface area (Å²) >= 11 is 0. The third-order valence-electron chi connectivity index (χ3n) is 16.5. The minimum atomic E-state index is 1.24. The zero-order chi connectivity index (χ0) is 60.9. The second-order valence-electron chi connectivity index (χ2n) is 21.0. The standard InChI is InChI=1S/2C40H26.4C2H6/c2*1-2-12-31-26-32(25-20-27(31)10-1)40-37-17-7-5-15-35(37)39(36-16-6-8-18-38(36)40)30-23-21-29(22-24-30)34-19-9-13-28-11-3-4-14-33(28)34;4*1-2/h2*1-26H;4*1-2H3. The van der Waals surface area contributed by atoms with Crippen molar-refractivity contribution in [2.24, 2.45) is 0 Å². The number of hydrogen-bond acceptors (Lipinski definition) is 0. The highest BCUT2D eigenvalue weighted by atomic mass is 14.2. The fourth-order valence-electron chi connectivity index (χ4n) is 12.8. The Labute approximate surface area is 520 Å². The summed E-state index contributed by atoms with van der Waals surface area (Å²) in [7, 11) is 0. The van der Waals surface area contributed by atoms with Crippen LogP contribution in [0.5, 0.6) is 0 Å². The molecular weight excluding hydrogens is 1060 g/mol. The highest BCUT2D eigenvalue weighted by molar-refractivity contribution is 6.23. The van der Waals surface area contributed by atoms with E-state index < -0.39 is 0 Å². The maximum Gasteiger partial charge on any atom is -0.00262 e. The molecular formula is C88H76. The SMILES string of the molecule is CC.CC.CC.CC.c1ccc2cc(-c3c4ccccc4c(-c4ccc(-c5cccc6ccccc56)cc4)c4ccccc34)ccc2c1.c1ccc2cc(-c3c4ccccc4c(-c4ccc(-c5cccc6ccccc56)cc4)c4ccccc34)ccc2c1. The molecule has 0 aliphatic rings. The summed E-state index contributed by atoms with van der Waals surface area (Å²) in [6.07, 6.45) is 0. The second-order valence-corrected chi connectivity index (χ2v) is 21.0. The maximum atomic E-state index is 2.34. The van der Waals surface area contributed by atoms with Crippen LogP contribution in [0, 0.1) is 0 Å². The van der Waals surface area contributed by atoms with E-state index in [2.05, 4.69) is 315 Å². The van der Waals surface area contributed by atoms with E-state index in [1.807, 2.05) is 55.4 Å². The van der Waals surface area contributed by atoms with Crippen LogP contribution in [0.15, 0.2) is 315 Å². The Balaban J connectivity index is 0.000000164. The van der Waals surface area contributed by atoms with Gasteiger partial charge in [-0.2, -0.15) is 0 Å². The van der Waals surface area contributed by atoms with E-state index in [1.165, 1.54) is 153 Å². The van der Waals surface area contributed by atoms with Crippen LogP contribution >= 0.6 is 0 Å². The fourth-order valence-corrected chi connectivity index (χ4v) is 12.8. The lowest BCUT2D eigenvalue weighted by atomic mass is 9.85. The molecule has 88 heavy (non-hydrogen) atoms. The fraction of sp³-hybridized carbons (Fsp3) is 0.0909. The van der Waals surface area contributed by atoms with Crippen molar-refractivity contribution in [3.8, 4) is 66.8 Å². The van der Waals surface area contributed by atoms with Gasteiger partial charge < -0.3 is 0 Å². The van der Waals surface area contributed by atoms with Gasteiger partial charge in [-0.3, -0.25) is 0 Å². The van der Waals surface area contributed by atoms with Crippen LogP contribution < -0.4 is 0 Å². The van der Waals surface area contributed by atoms with Crippen LogP contribution in [0.3, 0.4) is 0 Å². The van der Waals surface area contributed by atoms with Gasteiger partial charge in [0, 0.05) is 0 Å². The van der Waals surface area contributed by atoms with Crippen LogP contribution in [0.4, 0.5) is 0 Å². The van der Waals surface area contributed by atoms with E-state index in [9.17, 15) is 0 Å². The monoisotopic (exact) mass is 1130 g/mol. The molecule has 16 rings (SSSR count). The first kappa shape index (κ1) is 59.3. The molecule has 0 saturated carbocycles. The van der Waals surface area contributed by atoms with Gasteiger partial charge in [-0.15, -0.1) is 0 Å². The van der Waals surface area contributed by atoms with Crippen LogP contribution in [0.1, 0.15) is 55.4 Å². The topological polar surface area (TPSA) is 0 Å². The van der Waals surface area contributed by atoms with Crippen LogP contribution in [-0.2, 0) is 0 Å². The molecule has 0 atom stereocenters. The molecule has 0 amide bonds. The molecule has 0 aliphatic carbocycles. The third kappa shape index (κ3) is 11.5. The Hall–Kier alpha value is -10.4. The van der Waals surface area contributed by atoms with Crippen molar-refractivity contribution in [1.82, 2.24) is 0 Å². The molecule has 0 saturated heterocycles. The lowest BCUT2D eigenvalue weighted by Crippen LogP contribution is -1.91. The van der Waals surface area contributed by atoms with Gasteiger partial charge in [-0.25, -0.2) is 0 Å². The Bertz CT molecular complexity index is 4600. The minimum Gasteiger partial charge on any atom is -0.0683 e. The summed E-state index contributed by atoms with van der Waals surface area (Å²) in [4.78, 5) is 0. The smallest absolute Gasteiger partial charge is 0.00262 e. The molecule has 0 heterocycles. The zero-order valence-electron chi connectivity index (χ0n) is 52.0. The van der Waals surface area contributed by atoms with E-state index in [4.69, 9.17) is 0 Å². The van der Waals surface area contributed by atoms with Gasteiger partial charge in [0.2, 0.25) is 0 Å². The van der Waals surface area contributed by atoms with Gasteiger partial charge >= 0.3 is 0 Å². The number of rotatable bonds is 6. The average Bonchev–Trinajstić information content (AvgIpc) is 0.903. The van der Waals surface area contributed by atoms with E-state index >= 15 is 0 Å². The molecule has 0 unspecified atom stereocenters. The first-order valence-corrected chi connectivity index (χ1v) is 31.7. The molecule has 428 valence electrons. The minimum absolute atomic E-state index is 1.24. The largest absolute Gasteiger partial charge is 0.0683 e. The molecule has 0 heteroatoms.